The maximum atomic E-state index is 12.7. The first kappa shape index (κ1) is 17.9. The van der Waals surface area contributed by atoms with Crippen LogP contribution in [0.2, 0.25) is 0 Å². The first-order chi connectivity index (χ1) is 13.2. The number of methoxy groups -OCH3 is 1. The lowest BCUT2D eigenvalue weighted by Gasteiger charge is -2.32. The maximum absolute atomic E-state index is 12.7. The smallest absolute Gasteiger partial charge is 0.249 e. The molecule has 142 valence electrons. The summed E-state index contributed by atoms with van der Waals surface area (Å²) in [6, 6.07) is 7.14. The molecule has 2 aromatic rings. The largest absolute Gasteiger partial charge is 0.497 e. The van der Waals surface area contributed by atoms with Crippen LogP contribution in [0.25, 0.3) is 10.6 Å². The zero-order valence-corrected chi connectivity index (χ0v) is 16.0. The highest BCUT2D eigenvalue weighted by molar-refractivity contribution is 7.18. The second-order valence-electron chi connectivity index (χ2n) is 6.95. The molecule has 27 heavy (non-hydrogen) atoms. The average molecular weight is 386 g/mol. The fourth-order valence-electron chi connectivity index (χ4n) is 3.53. The molecule has 7 nitrogen and oxygen atoms in total. The van der Waals surface area contributed by atoms with Crippen molar-refractivity contribution in [3.63, 3.8) is 0 Å². The Hall–Kier alpha value is -2.48. The van der Waals surface area contributed by atoms with E-state index in [1.54, 1.807) is 12.0 Å². The van der Waals surface area contributed by atoms with Gasteiger partial charge in [0, 0.05) is 18.0 Å². The van der Waals surface area contributed by atoms with Crippen molar-refractivity contribution in [1.82, 2.24) is 15.1 Å². The number of ether oxygens (including phenoxy) is 1. The molecule has 1 aliphatic heterocycles. The molecule has 1 aromatic heterocycles. The van der Waals surface area contributed by atoms with Crippen LogP contribution in [0.5, 0.6) is 5.75 Å². The maximum Gasteiger partial charge on any atom is 0.249 e. The van der Waals surface area contributed by atoms with Crippen LogP contribution >= 0.6 is 11.3 Å². The minimum absolute atomic E-state index is 0.111. The minimum Gasteiger partial charge on any atom is -0.497 e. The summed E-state index contributed by atoms with van der Waals surface area (Å²) < 4.78 is 5.23. The van der Waals surface area contributed by atoms with Crippen molar-refractivity contribution in [3.8, 4) is 16.3 Å². The van der Waals surface area contributed by atoms with Gasteiger partial charge in [-0.15, -0.1) is 10.2 Å². The first-order valence-corrected chi connectivity index (χ1v) is 10.1. The van der Waals surface area contributed by atoms with Crippen molar-refractivity contribution in [2.75, 3.05) is 19.0 Å². The molecule has 1 saturated carbocycles. The van der Waals surface area contributed by atoms with E-state index >= 15 is 0 Å². The fourth-order valence-corrected chi connectivity index (χ4v) is 4.27. The van der Waals surface area contributed by atoms with Gasteiger partial charge >= 0.3 is 0 Å². The van der Waals surface area contributed by atoms with E-state index in [-0.39, 0.29) is 17.7 Å². The van der Waals surface area contributed by atoms with Crippen molar-refractivity contribution < 1.29 is 14.3 Å². The lowest BCUT2D eigenvalue weighted by Crippen LogP contribution is -2.46. The number of nitrogens with one attached hydrogen (secondary N) is 1. The van der Waals surface area contributed by atoms with E-state index in [0.717, 1.165) is 37.0 Å². The highest BCUT2D eigenvalue weighted by Gasteiger charge is 2.39. The number of aromatic nitrogens is 2. The second-order valence-corrected chi connectivity index (χ2v) is 7.93. The number of rotatable bonds is 5. The van der Waals surface area contributed by atoms with Crippen LogP contribution in [-0.4, -0.2) is 46.6 Å². The predicted molar refractivity (Wildman–Crippen MR) is 103 cm³/mol. The molecule has 2 heterocycles. The monoisotopic (exact) mass is 386 g/mol. The van der Waals surface area contributed by atoms with Gasteiger partial charge in [0.05, 0.1) is 7.11 Å². The molecule has 1 unspecified atom stereocenters. The molecule has 2 fully saturated rings. The van der Waals surface area contributed by atoms with Gasteiger partial charge in [-0.05, 0) is 37.8 Å². The van der Waals surface area contributed by atoms with E-state index < -0.39 is 6.04 Å². The lowest BCUT2D eigenvalue weighted by atomic mass is 9.84. The van der Waals surface area contributed by atoms with Gasteiger partial charge in [0.1, 0.15) is 16.8 Å². The van der Waals surface area contributed by atoms with Crippen LogP contribution in [0, 0.1) is 5.92 Å². The number of anilines is 1. The summed E-state index contributed by atoms with van der Waals surface area (Å²) >= 11 is 1.31. The fraction of sp³-hybridized carbons (Fsp3) is 0.474. The number of likely N-dealkylation sites (tertiary alicyclic amines) is 1. The summed E-state index contributed by atoms with van der Waals surface area (Å²) in [5, 5.41) is 12.2. The van der Waals surface area contributed by atoms with Crippen molar-refractivity contribution in [1.29, 1.82) is 0 Å². The molecule has 1 aliphatic carbocycles. The number of benzene rings is 1. The Morgan fingerprint density at radius 2 is 2.07 bits per heavy atom. The molecule has 1 atom stereocenters. The Morgan fingerprint density at radius 1 is 1.22 bits per heavy atom. The Morgan fingerprint density at radius 3 is 2.81 bits per heavy atom. The number of nitrogens with zero attached hydrogens (tertiary/aromatic N) is 3. The molecule has 1 saturated heterocycles. The van der Waals surface area contributed by atoms with Crippen molar-refractivity contribution >= 4 is 28.3 Å². The summed E-state index contributed by atoms with van der Waals surface area (Å²) in [5.41, 5.74) is 0.884. The molecule has 0 spiro atoms. The van der Waals surface area contributed by atoms with E-state index in [2.05, 4.69) is 15.5 Å². The molecule has 2 aliphatic rings. The first-order valence-electron chi connectivity index (χ1n) is 9.25. The predicted octanol–water partition coefficient (Wildman–Crippen LogP) is 2.94. The molecule has 1 N–H and O–H groups in total. The number of hydrogen-bond donors (Lipinski definition) is 1. The van der Waals surface area contributed by atoms with Crippen LogP contribution in [0.4, 0.5) is 5.13 Å². The SMILES string of the molecule is COc1cccc(-c2nnc(NC(=O)C3CCCN3C(=O)C3CCC3)s2)c1. The van der Waals surface area contributed by atoms with Gasteiger partial charge in [0.15, 0.2) is 0 Å². The van der Waals surface area contributed by atoms with Crippen LogP contribution in [0.1, 0.15) is 32.1 Å². The summed E-state index contributed by atoms with van der Waals surface area (Å²) in [4.78, 5) is 27.0. The Balaban J connectivity index is 1.43. The quantitative estimate of drug-likeness (QED) is 0.854. The number of amides is 2. The Labute approximate surface area is 161 Å². The highest BCUT2D eigenvalue weighted by Crippen LogP contribution is 2.32. The van der Waals surface area contributed by atoms with Gasteiger partial charge in [-0.2, -0.15) is 0 Å². The van der Waals surface area contributed by atoms with E-state index in [9.17, 15) is 9.59 Å². The normalized spacial score (nSPS) is 19.6. The number of carbonyl (C=O) groups excluding carboxylic acids is 2. The molecule has 1 aromatic carbocycles. The van der Waals surface area contributed by atoms with Crippen LogP contribution in [0.15, 0.2) is 24.3 Å². The van der Waals surface area contributed by atoms with Crippen molar-refractivity contribution in [2.24, 2.45) is 5.92 Å². The van der Waals surface area contributed by atoms with Gasteiger partial charge in [0.25, 0.3) is 0 Å². The zero-order valence-electron chi connectivity index (χ0n) is 15.2. The minimum atomic E-state index is -0.401. The highest BCUT2D eigenvalue weighted by atomic mass is 32.1. The Bertz CT molecular complexity index is 849. The molecular formula is C19H22N4O3S. The van der Waals surface area contributed by atoms with E-state index in [1.165, 1.54) is 11.3 Å². The second kappa shape index (κ2) is 7.64. The van der Waals surface area contributed by atoms with Crippen LogP contribution in [-0.2, 0) is 9.59 Å². The summed E-state index contributed by atoms with van der Waals surface area (Å²) in [7, 11) is 1.61. The van der Waals surface area contributed by atoms with Crippen LogP contribution < -0.4 is 10.1 Å². The van der Waals surface area contributed by atoms with Gasteiger partial charge in [-0.25, -0.2) is 0 Å². The third kappa shape index (κ3) is 3.66. The molecule has 2 amide bonds. The van der Waals surface area contributed by atoms with Gasteiger partial charge in [0.2, 0.25) is 16.9 Å². The van der Waals surface area contributed by atoms with Crippen molar-refractivity contribution in [2.45, 2.75) is 38.1 Å². The third-order valence-electron chi connectivity index (χ3n) is 5.26. The standard InChI is InChI=1S/C19H22N4O3S/c1-26-14-8-3-7-13(11-14)17-21-22-19(27-17)20-16(24)15-9-4-10-23(15)18(25)12-5-2-6-12/h3,7-8,11-12,15H,2,4-6,9-10H2,1H3,(H,20,22,24). The zero-order chi connectivity index (χ0) is 18.8. The van der Waals surface area contributed by atoms with Gasteiger partial charge < -0.3 is 9.64 Å². The van der Waals surface area contributed by atoms with E-state index in [1.807, 2.05) is 24.3 Å². The number of hydrogen-bond acceptors (Lipinski definition) is 6. The molecule has 0 bridgehead atoms. The molecule has 8 heteroatoms. The summed E-state index contributed by atoms with van der Waals surface area (Å²) in [6.45, 7) is 0.665. The van der Waals surface area contributed by atoms with Crippen LogP contribution in [0.3, 0.4) is 0 Å². The molecule has 4 rings (SSSR count). The Kier molecular flexibility index (Phi) is 5.07. The lowest BCUT2D eigenvalue weighted by molar-refractivity contribution is -0.142. The van der Waals surface area contributed by atoms with E-state index in [4.69, 9.17) is 4.74 Å². The number of carbonyl (C=O) groups is 2. The van der Waals surface area contributed by atoms with Crippen molar-refractivity contribution in [3.05, 3.63) is 24.3 Å². The summed E-state index contributed by atoms with van der Waals surface area (Å²) in [6.07, 6.45) is 4.57. The average Bonchev–Trinajstić information content (AvgIpc) is 3.29. The van der Waals surface area contributed by atoms with Gasteiger partial charge in [-0.1, -0.05) is 29.9 Å². The molecule has 0 radical (unpaired) electrons. The third-order valence-corrected chi connectivity index (χ3v) is 6.15. The topological polar surface area (TPSA) is 84.4 Å². The molecular weight excluding hydrogens is 364 g/mol. The van der Waals surface area contributed by atoms with E-state index in [0.29, 0.717) is 23.1 Å². The summed E-state index contributed by atoms with van der Waals surface area (Å²) in [5.74, 6) is 0.811. The van der Waals surface area contributed by atoms with Gasteiger partial charge in [-0.3, -0.25) is 14.9 Å².